The summed E-state index contributed by atoms with van der Waals surface area (Å²) in [5, 5.41) is 0. The number of imidazole rings is 2. The number of esters is 1. The van der Waals surface area contributed by atoms with Crippen molar-refractivity contribution in [2.45, 2.75) is 26.9 Å². The molecule has 0 N–H and O–H groups in total. The molecule has 0 aliphatic carbocycles. The molecule has 10 nitrogen and oxygen atoms in total. The van der Waals surface area contributed by atoms with E-state index in [9.17, 15) is 14.4 Å². The maximum Gasteiger partial charge on any atom is 0.333 e. The Morgan fingerprint density at radius 2 is 1.81 bits per heavy atom. The summed E-state index contributed by atoms with van der Waals surface area (Å²) in [5.41, 5.74) is 1.10. The topological polar surface area (TPSA) is 102 Å². The quantitative estimate of drug-likeness (QED) is 0.571. The second kappa shape index (κ2) is 6.45. The first kappa shape index (κ1) is 17.9. The summed E-state index contributed by atoms with van der Waals surface area (Å²) in [7, 11) is 4.34. The number of fused-ring (bicyclic) bond motifs is 3. The number of hydrogen-bond acceptors (Lipinski definition) is 6. The van der Waals surface area contributed by atoms with Crippen molar-refractivity contribution >= 4 is 22.9 Å². The minimum absolute atomic E-state index is 0.253. The van der Waals surface area contributed by atoms with E-state index in [1.807, 2.05) is 18.4 Å². The molecule has 0 aromatic carbocycles. The van der Waals surface area contributed by atoms with Crippen molar-refractivity contribution in [1.82, 2.24) is 23.1 Å². The molecule has 0 radical (unpaired) electrons. The van der Waals surface area contributed by atoms with Crippen molar-refractivity contribution in [1.29, 1.82) is 0 Å². The third-order valence-corrected chi connectivity index (χ3v) is 4.66. The Morgan fingerprint density at radius 3 is 2.42 bits per heavy atom. The lowest BCUT2D eigenvalue weighted by atomic mass is 10.3. The van der Waals surface area contributed by atoms with E-state index in [4.69, 9.17) is 4.74 Å². The van der Waals surface area contributed by atoms with Gasteiger partial charge in [-0.15, -0.1) is 0 Å². The van der Waals surface area contributed by atoms with Crippen LogP contribution in [0.4, 0.5) is 0 Å². The predicted molar refractivity (Wildman–Crippen MR) is 93.6 cm³/mol. The average molecular weight is 363 g/mol. The highest BCUT2D eigenvalue weighted by Crippen LogP contribution is 2.20. The fourth-order valence-corrected chi connectivity index (χ4v) is 3.10. The van der Waals surface area contributed by atoms with Gasteiger partial charge in [0, 0.05) is 32.1 Å². The normalized spacial score (nSPS) is 11.6. The van der Waals surface area contributed by atoms with Gasteiger partial charge in [0.1, 0.15) is 6.54 Å². The second-order valence-electron chi connectivity index (χ2n) is 6.04. The van der Waals surface area contributed by atoms with Crippen LogP contribution in [-0.2, 0) is 34.4 Å². The van der Waals surface area contributed by atoms with Crippen LogP contribution in [0.2, 0.25) is 0 Å². The van der Waals surface area contributed by atoms with E-state index in [2.05, 4.69) is 9.72 Å². The molecule has 0 bridgehead atoms. The Kier molecular flexibility index (Phi) is 4.45. The van der Waals surface area contributed by atoms with Crippen LogP contribution >= 0.6 is 0 Å². The van der Waals surface area contributed by atoms with E-state index in [0.29, 0.717) is 18.9 Å². The maximum atomic E-state index is 13.0. The molecule has 0 fully saturated rings. The third-order valence-electron chi connectivity index (χ3n) is 4.66. The molecule has 3 rings (SSSR count). The lowest BCUT2D eigenvalue weighted by molar-refractivity contribution is -0.141. The summed E-state index contributed by atoms with van der Waals surface area (Å²) in [6, 6.07) is 0. The van der Waals surface area contributed by atoms with Gasteiger partial charge in [-0.05, 0) is 13.8 Å². The van der Waals surface area contributed by atoms with Crippen LogP contribution in [0.3, 0.4) is 0 Å². The summed E-state index contributed by atoms with van der Waals surface area (Å²) >= 11 is 0. The molecule has 140 valence electrons. The Balaban J connectivity index is 2.41. The highest BCUT2D eigenvalue weighted by atomic mass is 16.5. The first-order valence-corrected chi connectivity index (χ1v) is 8.06. The minimum atomic E-state index is -0.671. The molecule has 0 spiro atoms. The molecule has 0 saturated heterocycles. The van der Waals surface area contributed by atoms with Gasteiger partial charge in [0.2, 0.25) is 5.78 Å². The Bertz CT molecular complexity index is 1130. The molecular weight excluding hydrogens is 342 g/mol. The first-order valence-electron chi connectivity index (χ1n) is 8.06. The van der Waals surface area contributed by atoms with Crippen LogP contribution in [0.5, 0.6) is 0 Å². The zero-order valence-corrected chi connectivity index (χ0v) is 15.4. The molecule has 0 saturated carbocycles. The monoisotopic (exact) mass is 363 g/mol. The van der Waals surface area contributed by atoms with Gasteiger partial charge in [-0.3, -0.25) is 18.6 Å². The second-order valence-corrected chi connectivity index (χ2v) is 6.04. The van der Waals surface area contributed by atoms with Crippen LogP contribution in [0.15, 0.2) is 9.59 Å². The molecule has 0 aliphatic rings. The van der Waals surface area contributed by atoms with Gasteiger partial charge in [-0.1, -0.05) is 0 Å². The van der Waals surface area contributed by atoms with Crippen LogP contribution in [0, 0.1) is 13.8 Å². The van der Waals surface area contributed by atoms with E-state index in [1.54, 1.807) is 11.5 Å². The van der Waals surface area contributed by atoms with Gasteiger partial charge in [0.15, 0.2) is 11.2 Å². The highest BCUT2D eigenvalue weighted by Gasteiger charge is 2.23. The largest absolute Gasteiger partial charge is 0.468 e. The third kappa shape index (κ3) is 2.45. The van der Waals surface area contributed by atoms with Crippen LogP contribution in [-0.4, -0.2) is 49.9 Å². The maximum absolute atomic E-state index is 13.0. The fraction of sp³-hybridized carbons (Fsp3) is 0.500. The molecule has 0 aliphatic heterocycles. The summed E-state index contributed by atoms with van der Waals surface area (Å²) in [6.07, 6.45) is 0. The van der Waals surface area contributed by atoms with Gasteiger partial charge >= 0.3 is 11.7 Å². The molecule has 0 atom stereocenters. The lowest BCUT2D eigenvalue weighted by Crippen LogP contribution is -2.41. The van der Waals surface area contributed by atoms with Crippen molar-refractivity contribution in [3.63, 3.8) is 0 Å². The average Bonchev–Trinajstić information content (AvgIpc) is 3.12. The number of carbonyl (C=O) groups excluding carboxylic acids is 1. The Hall–Kier alpha value is -2.88. The Labute approximate surface area is 148 Å². The lowest BCUT2D eigenvalue weighted by Gasteiger charge is -2.07. The van der Waals surface area contributed by atoms with Gasteiger partial charge in [-0.2, -0.15) is 4.98 Å². The Morgan fingerprint density at radius 1 is 1.12 bits per heavy atom. The number of ether oxygens (including phenoxy) is 2. The number of carbonyl (C=O) groups is 1. The van der Waals surface area contributed by atoms with E-state index < -0.39 is 23.8 Å². The van der Waals surface area contributed by atoms with E-state index >= 15 is 0 Å². The zero-order chi connectivity index (χ0) is 19.2. The summed E-state index contributed by atoms with van der Waals surface area (Å²) in [5.74, 6) is -0.121. The van der Waals surface area contributed by atoms with Crippen molar-refractivity contribution in [3.8, 4) is 0 Å². The van der Waals surface area contributed by atoms with Gasteiger partial charge in [-0.25, -0.2) is 9.36 Å². The van der Waals surface area contributed by atoms with Crippen LogP contribution < -0.4 is 11.2 Å². The minimum Gasteiger partial charge on any atom is -0.468 e. The first-order chi connectivity index (χ1) is 12.3. The smallest absolute Gasteiger partial charge is 0.333 e. The molecule has 26 heavy (non-hydrogen) atoms. The zero-order valence-electron chi connectivity index (χ0n) is 15.4. The standard InChI is InChI=1S/C16H21N5O5/c1-9-10(2)21-12-13(17-15(21)19(9)6-7-25-4)18(3)16(24)20(14(12)23)8-11(22)26-5/h6-8H2,1-5H3. The van der Waals surface area contributed by atoms with Crippen molar-refractivity contribution < 1.29 is 14.3 Å². The molecule has 10 heteroatoms. The molecule has 3 aromatic heterocycles. The van der Waals surface area contributed by atoms with Crippen LogP contribution in [0.25, 0.3) is 16.9 Å². The van der Waals surface area contributed by atoms with E-state index in [1.165, 1.54) is 18.7 Å². The number of aryl methyl sites for hydroxylation is 2. The fourth-order valence-electron chi connectivity index (χ4n) is 3.10. The number of methoxy groups -OCH3 is 2. The molecule has 3 aromatic rings. The van der Waals surface area contributed by atoms with E-state index in [-0.39, 0.29) is 11.2 Å². The number of hydrogen-bond donors (Lipinski definition) is 0. The summed E-state index contributed by atoms with van der Waals surface area (Å²) < 4.78 is 15.5. The van der Waals surface area contributed by atoms with Gasteiger partial charge < -0.3 is 14.0 Å². The molecule has 3 heterocycles. The molecule has 0 amide bonds. The number of aromatic nitrogens is 5. The van der Waals surface area contributed by atoms with Gasteiger partial charge in [0.25, 0.3) is 5.56 Å². The number of rotatable bonds is 5. The van der Waals surface area contributed by atoms with Crippen LogP contribution in [0.1, 0.15) is 11.4 Å². The van der Waals surface area contributed by atoms with Gasteiger partial charge in [0.05, 0.1) is 13.7 Å². The summed E-state index contributed by atoms with van der Waals surface area (Å²) in [4.78, 5) is 41.6. The van der Waals surface area contributed by atoms with Crippen molar-refractivity contribution in [3.05, 3.63) is 32.2 Å². The van der Waals surface area contributed by atoms with Crippen molar-refractivity contribution in [2.75, 3.05) is 20.8 Å². The predicted octanol–water partition coefficient (Wildman–Crippen LogP) is -0.414. The summed E-state index contributed by atoms with van der Waals surface area (Å²) in [6.45, 7) is 4.41. The van der Waals surface area contributed by atoms with Crippen molar-refractivity contribution in [2.24, 2.45) is 7.05 Å². The molecular formula is C16H21N5O5. The van der Waals surface area contributed by atoms with E-state index in [0.717, 1.165) is 16.0 Å². The molecule has 0 unspecified atom stereocenters. The number of nitrogens with zero attached hydrogens (tertiary/aromatic N) is 5. The SMILES string of the molecule is COCCn1c(C)c(C)n2c3c(=O)n(CC(=O)OC)c(=O)n(C)c3nc12. The highest BCUT2D eigenvalue weighted by molar-refractivity contribution is 5.77.